The second kappa shape index (κ2) is 5.48. The van der Waals surface area contributed by atoms with Crippen molar-refractivity contribution < 1.29 is 9.59 Å². The number of likely N-dealkylation sites (tertiary alicyclic amines) is 1. The number of piperidine rings is 1. The highest BCUT2D eigenvalue weighted by Crippen LogP contribution is 2.23. The lowest BCUT2D eigenvalue weighted by atomic mass is 10.0. The molecule has 0 aromatic carbocycles. The molecule has 20 heavy (non-hydrogen) atoms. The van der Waals surface area contributed by atoms with Crippen molar-refractivity contribution in [2.45, 2.75) is 31.7 Å². The molecule has 2 aliphatic heterocycles. The van der Waals surface area contributed by atoms with Gasteiger partial charge in [0.05, 0.1) is 0 Å². The topological polar surface area (TPSA) is 66.7 Å². The standard InChI is InChI=1S/C14H18N4O2/c19-13-4-3-12(15-16-13)14(20)18-9-5-11(6-10-18)17-7-1-2-8-17/h1-2,7-8,11H,3-6,9-10H2,(H,16,19). The summed E-state index contributed by atoms with van der Waals surface area (Å²) in [7, 11) is 0. The lowest BCUT2D eigenvalue weighted by Crippen LogP contribution is -2.44. The molecule has 0 radical (unpaired) electrons. The molecule has 0 spiro atoms. The van der Waals surface area contributed by atoms with Gasteiger partial charge >= 0.3 is 0 Å². The lowest BCUT2D eigenvalue weighted by molar-refractivity contribution is -0.125. The Morgan fingerprint density at radius 3 is 2.50 bits per heavy atom. The summed E-state index contributed by atoms with van der Waals surface area (Å²) >= 11 is 0. The third kappa shape index (κ3) is 2.59. The maximum atomic E-state index is 12.3. The molecule has 106 valence electrons. The highest BCUT2D eigenvalue weighted by molar-refractivity contribution is 6.39. The van der Waals surface area contributed by atoms with Gasteiger partial charge in [0.2, 0.25) is 5.91 Å². The van der Waals surface area contributed by atoms with E-state index >= 15 is 0 Å². The lowest BCUT2D eigenvalue weighted by Gasteiger charge is -2.33. The van der Waals surface area contributed by atoms with Crippen molar-refractivity contribution in [3.8, 4) is 0 Å². The molecule has 1 saturated heterocycles. The van der Waals surface area contributed by atoms with Gasteiger partial charge in [0.25, 0.3) is 5.91 Å². The highest BCUT2D eigenvalue weighted by atomic mass is 16.2. The number of rotatable bonds is 2. The van der Waals surface area contributed by atoms with Crippen LogP contribution in [0.1, 0.15) is 31.7 Å². The van der Waals surface area contributed by atoms with Crippen LogP contribution in [0.15, 0.2) is 29.6 Å². The van der Waals surface area contributed by atoms with Crippen LogP contribution >= 0.6 is 0 Å². The average Bonchev–Trinajstić information content (AvgIpc) is 3.02. The van der Waals surface area contributed by atoms with Crippen LogP contribution in [-0.2, 0) is 9.59 Å². The van der Waals surface area contributed by atoms with Gasteiger partial charge in [0.1, 0.15) is 5.71 Å². The Balaban J connectivity index is 1.58. The SMILES string of the molecule is O=C1CCC(C(=O)N2CCC(n3cccc3)CC2)=NN1. The van der Waals surface area contributed by atoms with E-state index in [1.54, 1.807) is 0 Å². The van der Waals surface area contributed by atoms with Gasteiger partial charge in [-0.05, 0) is 25.0 Å². The molecule has 0 atom stereocenters. The number of carbonyl (C=O) groups excluding carboxylic acids is 2. The van der Waals surface area contributed by atoms with Gasteiger partial charge in [0.15, 0.2) is 0 Å². The number of hydrogen-bond acceptors (Lipinski definition) is 3. The van der Waals surface area contributed by atoms with Crippen molar-refractivity contribution in [3.05, 3.63) is 24.5 Å². The molecule has 3 rings (SSSR count). The molecule has 6 nitrogen and oxygen atoms in total. The minimum atomic E-state index is -0.118. The van der Waals surface area contributed by atoms with Gasteiger partial charge < -0.3 is 9.47 Å². The number of nitrogens with zero attached hydrogens (tertiary/aromatic N) is 3. The zero-order valence-electron chi connectivity index (χ0n) is 11.3. The Labute approximate surface area is 117 Å². The van der Waals surface area contributed by atoms with Gasteiger partial charge in [-0.15, -0.1) is 0 Å². The number of aromatic nitrogens is 1. The summed E-state index contributed by atoms with van der Waals surface area (Å²) in [6.45, 7) is 1.49. The van der Waals surface area contributed by atoms with Crippen LogP contribution in [0.2, 0.25) is 0 Å². The Bertz CT molecular complexity index is 527. The van der Waals surface area contributed by atoms with Crippen molar-refractivity contribution in [1.82, 2.24) is 14.9 Å². The van der Waals surface area contributed by atoms with Crippen molar-refractivity contribution in [3.63, 3.8) is 0 Å². The first kappa shape index (κ1) is 12.9. The highest BCUT2D eigenvalue weighted by Gasteiger charge is 2.27. The monoisotopic (exact) mass is 274 g/mol. The molecular formula is C14H18N4O2. The normalized spacial score (nSPS) is 20.5. The van der Waals surface area contributed by atoms with Crippen LogP contribution in [0.4, 0.5) is 0 Å². The van der Waals surface area contributed by atoms with Crippen LogP contribution in [0, 0.1) is 0 Å². The van der Waals surface area contributed by atoms with Crippen LogP contribution in [0.5, 0.6) is 0 Å². The molecule has 1 fully saturated rings. The van der Waals surface area contributed by atoms with Crippen LogP contribution in [0.25, 0.3) is 0 Å². The fraction of sp³-hybridized carbons (Fsp3) is 0.500. The third-order valence-corrected chi connectivity index (χ3v) is 3.95. The van der Waals surface area contributed by atoms with Gasteiger partial charge in [-0.25, -0.2) is 5.43 Å². The summed E-state index contributed by atoms with van der Waals surface area (Å²) in [6.07, 6.45) is 6.86. The number of carbonyl (C=O) groups is 2. The maximum absolute atomic E-state index is 12.3. The minimum Gasteiger partial charge on any atom is -0.351 e. The second-order valence-corrected chi connectivity index (χ2v) is 5.25. The van der Waals surface area contributed by atoms with Gasteiger partial charge in [-0.2, -0.15) is 5.10 Å². The minimum absolute atomic E-state index is 0.0315. The largest absolute Gasteiger partial charge is 0.351 e. The molecule has 1 aromatic heterocycles. The summed E-state index contributed by atoms with van der Waals surface area (Å²) in [5, 5.41) is 3.88. The molecule has 6 heteroatoms. The molecular weight excluding hydrogens is 256 g/mol. The summed E-state index contributed by atoms with van der Waals surface area (Å²) in [5.41, 5.74) is 2.86. The predicted molar refractivity (Wildman–Crippen MR) is 74.1 cm³/mol. The summed E-state index contributed by atoms with van der Waals surface area (Å²) in [5.74, 6) is -0.149. The van der Waals surface area contributed by atoms with Gasteiger partial charge in [-0.3, -0.25) is 9.59 Å². The van der Waals surface area contributed by atoms with Crippen molar-refractivity contribution in [2.75, 3.05) is 13.1 Å². The van der Waals surface area contributed by atoms with E-state index in [1.807, 2.05) is 17.0 Å². The molecule has 0 bridgehead atoms. The number of hydrazone groups is 1. The van der Waals surface area contributed by atoms with E-state index in [-0.39, 0.29) is 11.8 Å². The summed E-state index contributed by atoms with van der Waals surface area (Å²) < 4.78 is 2.21. The maximum Gasteiger partial charge on any atom is 0.270 e. The Kier molecular flexibility index (Phi) is 3.54. The van der Waals surface area contributed by atoms with E-state index in [0.717, 1.165) is 25.9 Å². The third-order valence-electron chi connectivity index (χ3n) is 3.95. The number of nitrogens with one attached hydrogen (secondary N) is 1. The van der Waals surface area contributed by atoms with Gasteiger partial charge in [-0.1, -0.05) is 0 Å². The first-order valence-electron chi connectivity index (χ1n) is 7.01. The molecule has 0 aliphatic carbocycles. The quantitative estimate of drug-likeness (QED) is 0.871. The van der Waals surface area contributed by atoms with E-state index in [0.29, 0.717) is 24.6 Å². The molecule has 0 saturated carbocycles. The van der Waals surface area contributed by atoms with E-state index in [9.17, 15) is 9.59 Å². The zero-order valence-corrected chi connectivity index (χ0v) is 11.3. The van der Waals surface area contributed by atoms with Gasteiger partial charge in [0, 0.05) is 44.4 Å². The molecule has 3 heterocycles. The number of amides is 2. The van der Waals surface area contributed by atoms with Crippen LogP contribution in [0.3, 0.4) is 0 Å². The first-order valence-corrected chi connectivity index (χ1v) is 7.01. The summed E-state index contributed by atoms with van der Waals surface area (Å²) in [4.78, 5) is 25.2. The number of hydrogen-bond donors (Lipinski definition) is 1. The smallest absolute Gasteiger partial charge is 0.270 e. The Morgan fingerprint density at radius 2 is 1.90 bits per heavy atom. The Morgan fingerprint density at radius 1 is 1.20 bits per heavy atom. The first-order chi connectivity index (χ1) is 9.74. The average molecular weight is 274 g/mol. The van der Waals surface area contributed by atoms with Crippen molar-refractivity contribution >= 4 is 17.5 Å². The van der Waals surface area contributed by atoms with E-state index in [4.69, 9.17) is 0 Å². The van der Waals surface area contributed by atoms with Crippen molar-refractivity contribution in [2.24, 2.45) is 5.10 Å². The van der Waals surface area contributed by atoms with E-state index in [2.05, 4.69) is 27.5 Å². The Hall–Kier alpha value is -2.11. The summed E-state index contributed by atoms with van der Waals surface area (Å²) in [6, 6.07) is 4.52. The van der Waals surface area contributed by atoms with E-state index < -0.39 is 0 Å². The molecule has 0 unspecified atom stereocenters. The zero-order chi connectivity index (χ0) is 13.9. The second-order valence-electron chi connectivity index (χ2n) is 5.25. The van der Waals surface area contributed by atoms with E-state index in [1.165, 1.54) is 0 Å². The van der Waals surface area contributed by atoms with Crippen LogP contribution < -0.4 is 5.43 Å². The fourth-order valence-corrected chi connectivity index (χ4v) is 2.77. The molecule has 1 N–H and O–H groups in total. The predicted octanol–water partition coefficient (Wildman–Crippen LogP) is 0.918. The fourth-order valence-electron chi connectivity index (χ4n) is 2.77. The molecule has 2 amide bonds. The van der Waals surface area contributed by atoms with Crippen LogP contribution in [-0.4, -0.2) is 40.1 Å². The molecule has 2 aliphatic rings. The van der Waals surface area contributed by atoms with Crippen molar-refractivity contribution in [1.29, 1.82) is 0 Å². The molecule has 1 aromatic rings.